The van der Waals surface area contributed by atoms with Gasteiger partial charge in [-0.05, 0) is 48.9 Å². The van der Waals surface area contributed by atoms with E-state index in [-0.39, 0.29) is 11.5 Å². The molecule has 0 fully saturated rings. The van der Waals surface area contributed by atoms with Crippen molar-refractivity contribution >= 4 is 17.5 Å². The summed E-state index contributed by atoms with van der Waals surface area (Å²) in [5.41, 5.74) is 7.98. The Bertz CT molecular complexity index is 1030. The number of phenols is 1. The van der Waals surface area contributed by atoms with Crippen LogP contribution in [0.1, 0.15) is 68.1 Å². The summed E-state index contributed by atoms with van der Waals surface area (Å²) in [5.74, 6) is 0.439. The molecule has 0 saturated heterocycles. The molecule has 2 aromatic carbocycles. The number of nitrogens with two attached hydrogens (primary N) is 1. The number of aromatic hydroxyl groups is 1. The van der Waals surface area contributed by atoms with Gasteiger partial charge in [-0.3, -0.25) is 4.79 Å². The van der Waals surface area contributed by atoms with E-state index < -0.39 is 10.8 Å². The first-order valence-corrected chi connectivity index (χ1v) is 10.9. The first-order valence-electron chi connectivity index (χ1n) is 10.9. The van der Waals surface area contributed by atoms with Gasteiger partial charge in [0.15, 0.2) is 5.78 Å². The third kappa shape index (κ3) is 5.31. The largest absolute Gasteiger partial charge is 0.507 e. The van der Waals surface area contributed by atoms with Crippen molar-refractivity contribution in [1.82, 2.24) is 0 Å². The van der Waals surface area contributed by atoms with Crippen LogP contribution in [0.4, 0.5) is 5.69 Å². The molecule has 170 valence electrons. The molecule has 0 heterocycles. The average molecular weight is 434 g/mol. The molecule has 2 rings (SSSR count). The number of allylic oxidation sites excluding steroid dienone is 3. The standard InChI is InChI=1S/C28H35NO3/c1-8-17-32-26-21(15-16-24(30)19-11-13-20(29)14-12-19)25(31)22(27(4,5)9-2)18-23(26)28(6,7)10-3/h9-16,18,31H,2-3,8,17,29H2,1,4-7H3/b16-15+. The summed E-state index contributed by atoms with van der Waals surface area (Å²) in [6.07, 6.45) is 7.55. The zero-order valence-corrected chi connectivity index (χ0v) is 19.9. The lowest BCUT2D eigenvalue weighted by Gasteiger charge is -2.30. The van der Waals surface area contributed by atoms with Crippen LogP contribution < -0.4 is 10.5 Å². The predicted molar refractivity (Wildman–Crippen MR) is 135 cm³/mol. The van der Waals surface area contributed by atoms with Gasteiger partial charge in [-0.2, -0.15) is 0 Å². The van der Waals surface area contributed by atoms with Gasteiger partial charge in [0.25, 0.3) is 0 Å². The molecule has 0 bridgehead atoms. The first-order chi connectivity index (χ1) is 15.0. The molecule has 4 nitrogen and oxygen atoms in total. The summed E-state index contributed by atoms with van der Waals surface area (Å²) in [5, 5.41) is 11.3. The van der Waals surface area contributed by atoms with Crippen molar-refractivity contribution < 1.29 is 14.6 Å². The highest BCUT2D eigenvalue weighted by molar-refractivity contribution is 6.07. The molecular formula is C28H35NO3. The maximum absolute atomic E-state index is 12.8. The lowest BCUT2D eigenvalue weighted by atomic mass is 9.76. The number of nitrogen functional groups attached to an aromatic ring is 1. The smallest absolute Gasteiger partial charge is 0.185 e. The molecule has 0 aliphatic heterocycles. The van der Waals surface area contributed by atoms with Gasteiger partial charge in [0, 0.05) is 33.2 Å². The molecule has 0 aliphatic rings. The van der Waals surface area contributed by atoms with Crippen LogP contribution in [-0.4, -0.2) is 17.5 Å². The van der Waals surface area contributed by atoms with Gasteiger partial charge in [0.2, 0.25) is 0 Å². The predicted octanol–water partition coefficient (Wildman–Crippen LogP) is 6.59. The topological polar surface area (TPSA) is 72.5 Å². The maximum Gasteiger partial charge on any atom is 0.185 e. The number of ketones is 1. The van der Waals surface area contributed by atoms with Crippen LogP contribution in [0.25, 0.3) is 6.08 Å². The van der Waals surface area contributed by atoms with E-state index in [1.165, 1.54) is 6.08 Å². The fourth-order valence-electron chi connectivity index (χ4n) is 3.28. The van der Waals surface area contributed by atoms with Gasteiger partial charge in [-0.25, -0.2) is 0 Å². The van der Waals surface area contributed by atoms with Crippen molar-refractivity contribution in [2.45, 2.75) is 51.9 Å². The second-order valence-electron chi connectivity index (χ2n) is 9.08. The van der Waals surface area contributed by atoms with Crippen molar-refractivity contribution in [3.8, 4) is 11.5 Å². The maximum atomic E-state index is 12.8. The Morgan fingerprint density at radius 2 is 1.62 bits per heavy atom. The molecular weight excluding hydrogens is 398 g/mol. The Morgan fingerprint density at radius 1 is 1.06 bits per heavy atom. The SMILES string of the molecule is C=CC(C)(C)c1cc(C(C)(C)C=C)c(OCCC)c(/C=C/C(=O)c2ccc(N)cc2)c1O. The Morgan fingerprint density at radius 3 is 2.16 bits per heavy atom. The molecule has 0 aliphatic carbocycles. The summed E-state index contributed by atoms with van der Waals surface area (Å²) < 4.78 is 6.13. The van der Waals surface area contributed by atoms with E-state index >= 15 is 0 Å². The van der Waals surface area contributed by atoms with Crippen LogP contribution in [0.5, 0.6) is 11.5 Å². The lowest BCUT2D eigenvalue weighted by molar-refractivity contribution is 0.104. The normalized spacial score (nSPS) is 12.0. The Balaban J connectivity index is 2.76. The van der Waals surface area contributed by atoms with Crippen LogP contribution in [-0.2, 0) is 10.8 Å². The van der Waals surface area contributed by atoms with Crippen LogP contribution in [0.3, 0.4) is 0 Å². The molecule has 0 atom stereocenters. The second-order valence-corrected chi connectivity index (χ2v) is 9.08. The molecule has 4 heteroatoms. The van der Waals surface area contributed by atoms with Gasteiger partial charge in [-0.15, -0.1) is 13.2 Å². The molecule has 0 unspecified atom stereocenters. The third-order valence-corrected chi connectivity index (χ3v) is 5.74. The van der Waals surface area contributed by atoms with E-state index in [1.54, 1.807) is 36.4 Å². The quantitative estimate of drug-likeness (QED) is 0.192. The summed E-state index contributed by atoms with van der Waals surface area (Å²) >= 11 is 0. The minimum absolute atomic E-state index is 0.0750. The van der Waals surface area contributed by atoms with Crippen molar-refractivity contribution in [3.63, 3.8) is 0 Å². The molecule has 2 aromatic rings. The zero-order valence-electron chi connectivity index (χ0n) is 19.9. The van der Waals surface area contributed by atoms with Crippen LogP contribution in [0.15, 0.2) is 61.7 Å². The summed E-state index contributed by atoms with van der Waals surface area (Å²) in [6.45, 7) is 18.5. The summed E-state index contributed by atoms with van der Waals surface area (Å²) in [4.78, 5) is 12.8. The minimum atomic E-state index is -0.497. The summed E-state index contributed by atoms with van der Waals surface area (Å²) in [6, 6.07) is 8.70. The number of carbonyl (C=O) groups excluding carboxylic acids is 1. The van der Waals surface area contributed by atoms with E-state index in [0.717, 1.165) is 12.0 Å². The molecule has 32 heavy (non-hydrogen) atoms. The highest BCUT2D eigenvalue weighted by atomic mass is 16.5. The summed E-state index contributed by atoms with van der Waals surface area (Å²) in [7, 11) is 0. The number of ether oxygens (including phenoxy) is 1. The number of anilines is 1. The van der Waals surface area contributed by atoms with Gasteiger partial charge in [0.1, 0.15) is 11.5 Å². The van der Waals surface area contributed by atoms with E-state index in [4.69, 9.17) is 10.5 Å². The number of phenolic OH excluding ortho intramolecular Hbond substituents is 1. The van der Waals surface area contributed by atoms with Crippen molar-refractivity contribution in [3.05, 3.63) is 84.0 Å². The second kappa shape index (κ2) is 9.90. The van der Waals surface area contributed by atoms with E-state index in [0.29, 0.717) is 34.7 Å². The van der Waals surface area contributed by atoms with E-state index in [1.807, 2.05) is 46.8 Å². The highest BCUT2D eigenvalue weighted by Crippen LogP contribution is 2.46. The molecule has 0 radical (unpaired) electrons. The van der Waals surface area contributed by atoms with E-state index in [2.05, 4.69) is 13.2 Å². The average Bonchev–Trinajstić information content (AvgIpc) is 2.76. The monoisotopic (exact) mass is 433 g/mol. The van der Waals surface area contributed by atoms with Gasteiger partial charge in [0.05, 0.1) is 12.2 Å². The fraction of sp³-hybridized carbons (Fsp3) is 0.321. The number of benzene rings is 2. The fourth-order valence-corrected chi connectivity index (χ4v) is 3.28. The molecule has 0 amide bonds. The number of hydrogen-bond donors (Lipinski definition) is 2. The Labute approximate surface area is 192 Å². The van der Waals surface area contributed by atoms with Crippen LogP contribution in [0.2, 0.25) is 0 Å². The third-order valence-electron chi connectivity index (χ3n) is 5.74. The highest BCUT2D eigenvalue weighted by Gasteiger charge is 2.31. The zero-order chi connectivity index (χ0) is 24.1. The number of hydrogen-bond acceptors (Lipinski definition) is 4. The van der Waals surface area contributed by atoms with Crippen molar-refractivity contribution in [2.24, 2.45) is 0 Å². The van der Waals surface area contributed by atoms with Gasteiger partial charge in [-0.1, -0.05) is 46.8 Å². The van der Waals surface area contributed by atoms with Gasteiger partial charge < -0.3 is 15.6 Å². The van der Waals surface area contributed by atoms with Crippen LogP contribution in [0, 0.1) is 0 Å². The van der Waals surface area contributed by atoms with E-state index in [9.17, 15) is 9.90 Å². The lowest BCUT2D eigenvalue weighted by Crippen LogP contribution is -2.20. The Hall–Kier alpha value is -3.27. The molecule has 3 N–H and O–H groups in total. The van der Waals surface area contributed by atoms with Gasteiger partial charge >= 0.3 is 0 Å². The molecule has 0 spiro atoms. The molecule has 0 saturated carbocycles. The van der Waals surface area contributed by atoms with Crippen molar-refractivity contribution in [2.75, 3.05) is 12.3 Å². The number of carbonyl (C=O) groups is 1. The molecule has 0 aromatic heterocycles. The Kier molecular flexibility index (Phi) is 7.73. The minimum Gasteiger partial charge on any atom is -0.507 e. The number of rotatable bonds is 10. The van der Waals surface area contributed by atoms with Crippen LogP contribution >= 0.6 is 0 Å². The van der Waals surface area contributed by atoms with Crippen molar-refractivity contribution in [1.29, 1.82) is 0 Å². The first kappa shape index (κ1) is 25.0.